The number of hydrogen-bond acceptors (Lipinski definition) is 4. The maximum atomic E-state index is 12.6. The highest BCUT2D eigenvalue weighted by atomic mass is 16.3. The zero-order chi connectivity index (χ0) is 53.6. The molecule has 4 N–H and O–H groups in total. The van der Waals surface area contributed by atoms with Crippen molar-refractivity contribution in [2.24, 2.45) is 0 Å². The van der Waals surface area contributed by atoms with Gasteiger partial charge in [0.1, 0.15) is 6.10 Å². The lowest BCUT2D eigenvalue weighted by Crippen LogP contribution is -2.48. The number of amides is 1. The molecule has 3 atom stereocenters. The molecule has 0 radical (unpaired) electrons. The fourth-order valence-corrected chi connectivity index (χ4v) is 11.0. The molecule has 0 aromatic heterocycles. The van der Waals surface area contributed by atoms with Gasteiger partial charge in [0.25, 0.3) is 0 Å². The van der Waals surface area contributed by atoms with Crippen molar-refractivity contribution in [2.45, 2.75) is 405 Å². The molecule has 5 nitrogen and oxygen atoms in total. The summed E-state index contributed by atoms with van der Waals surface area (Å²) in [4.78, 5) is 12.6. The van der Waals surface area contributed by atoms with E-state index in [0.29, 0.717) is 6.42 Å². The Bertz CT molecular complexity index is 1110. The van der Waals surface area contributed by atoms with Gasteiger partial charge in [0.15, 0.2) is 0 Å². The minimum atomic E-state index is -1.10. The Morgan fingerprint density at radius 1 is 0.324 bits per heavy atom. The summed E-state index contributed by atoms with van der Waals surface area (Å²) in [6, 6.07) is -0.797. The highest BCUT2D eigenvalue weighted by Crippen LogP contribution is 2.19. The van der Waals surface area contributed by atoms with Crippen LogP contribution in [0, 0.1) is 0 Å². The topological polar surface area (TPSA) is 89.8 Å². The van der Waals surface area contributed by atoms with Crippen LogP contribution in [-0.2, 0) is 4.79 Å². The van der Waals surface area contributed by atoms with Gasteiger partial charge in [0.2, 0.25) is 5.91 Å². The molecule has 74 heavy (non-hydrogen) atoms. The molecule has 0 rings (SSSR count). The fourth-order valence-electron chi connectivity index (χ4n) is 11.0. The molecule has 0 aliphatic rings. The SMILES string of the molecule is CCCCCCCCCCCCCCCCCCCC/C=C\CCCCCCCCCCCCCCCCCCC(O)C(=O)NC(CO)C(O)/C=C/CCCCCCCCCCCCCCCCCCCCCC. The van der Waals surface area contributed by atoms with Crippen LogP contribution >= 0.6 is 0 Å². The third-order valence-electron chi connectivity index (χ3n) is 16.3. The van der Waals surface area contributed by atoms with E-state index in [-0.39, 0.29) is 6.61 Å². The van der Waals surface area contributed by atoms with E-state index >= 15 is 0 Å². The molecule has 440 valence electrons. The fraction of sp³-hybridized carbons (Fsp3) is 0.928. The van der Waals surface area contributed by atoms with Gasteiger partial charge >= 0.3 is 0 Å². The van der Waals surface area contributed by atoms with Crippen molar-refractivity contribution in [2.75, 3.05) is 6.61 Å². The molecule has 0 saturated heterocycles. The number of rotatable bonds is 64. The first-order chi connectivity index (χ1) is 36.6. The summed E-state index contributed by atoms with van der Waals surface area (Å²) in [5, 5.41) is 33.5. The summed E-state index contributed by atoms with van der Waals surface area (Å²) in [6.07, 6.45) is 84.6. The number of unbranched alkanes of at least 4 members (excludes halogenated alkanes) is 54. The first-order valence-electron chi connectivity index (χ1n) is 34.2. The smallest absolute Gasteiger partial charge is 0.249 e. The zero-order valence-corrected chi connectivity index (χ0v) is 50.5. The standard InChI is InChI=1S/C69H135NO4/c1-3-5-7-9-11-13-15-17-19-21-23-25-27-28-29-30-31-32-33-34-35-36-37-38-39-40-41-42-44-46-48-50-52-54-56-58-60-62-64-68(73)69(74)70-66(65-71)67(72)63-61-59-57-55-53-51-49-47-45-43-26-24-22-20-18-16-14-12-10-8-6-4-2/h34-35,61,63,66-68,71-73H,3-33,36-60,62,64-65H2,1-2H3,(H,70,74)/b35-34-,63-61+. The lowest BCUT2D eigenvalue weighted by molar-refractivity contribution is -0.131. The van der Waals surface area contributed by atoms with Crippen LogP contribution in [0.15, 0.2) is 24.3 Å². The first-order valence-corrected chi connectivity index (χ1v) is 34.2. The van der Waals surface area contributed by atoms with E-state index in [1.165, 1.54) is 334 Å². The van der Waals surface area contributed by atoms with Crippen LogP contribution in [0.5, 0.6) is 0 Å². The summed E-state index contributed by atoms with van der Waals surface area (Å²) in [5.41, 5.74) is 0. The molecule has 1 amide bonds. The monoisotopic (exact) mass is 1040 g/mol. The zero-order valence-electron chi connectivity index (χ0n) is 50.5. The number of hydrogen-bond donors (Lipinski definition) is 4. The normalized spacial score (nSPS) is 13.2. The van der Waals surface area contributed by atoms with Gasteiger partial charge in [0.05, 0.1) is 18.8 Å². The van der Waals surface area contributed by atoms with Gasteiger partial charge in [-0.1, -0.05) is 366 Å². The van der Waals surface area contributed by atoms with Crippen molar-refractivity contribution in [1.82, 2.24) is 5.32 Å². The van der Waals surface area contributed by atoms with E-state index in [1.807, 2.05) is 6.08 Å². The second-order valence-corrected chi connectivity index (χ2v) is 23.7. The van der Waals surface area contributed by atoms with Crippen LogP contribution in [0.3, 0.4) is 0 Å². The van der Waals surface area contributed by atoms with Gasteiger partial charge in [-0.05, 0) is 44.9 Å². The molecule has 0 spiro atoms. The van der Waals surface area contributed by atoms with Crippen LogP contribution in [0.25, 0.3) is 0 Å². The minimum absolute atomic E-state index is 0.360. The van der Waals surface area contributed by atoms with E-state index in [0.717, 1.165) is 32.1 Å². The van der Waals surface area contributed by atoms with Crippen molar-refractivity contribution >= 4 is 5.91 Å². The number of allylic oxidation sites excluding steroid dienone is 3. The van der Waals surface area contributed by atoms with Crippen LogP contribution in [-0.4, -0.2) is 46.1 Å². The van der Waals surface area contributed by atoms with Gasteiger partial charge in [-0.25, -0.2) is 0 Å². The first kappa shape index (κ1) is 72.8. The van der Waals surface area contributed by atoms with Crippen molar-refractivity contribution < 1.29 is 20.1 Å². The van der Waals surface area contributed by atoms with E-state index < -0.39 is 24.2 Å². The second-order valence-electron chi connectivity index (χ2n) is 23.7. The number of carbonyl (C=O) groups is 1. The molecular weight excluding hydrogens is 907 g/mol. The van der Waals surface area contributed by atoms with E-state index in [1.54, 1.807) is 6.08 Å². The largest absolute Gasteiger partial charge is 0.394 e. The van der Waals surface area contributed by atoms with Gasteiger partial charge in [-0.3, -0.25) is 4.79 Å². The highest BCUT2D eigenvalue weighted by molar-refractivity contribution is 5.80. The maximum Gasteiger partial charge on any atom is 0.249 e. The molecule has 3 unspecified atom stereocenters. The summed E-state index contributed by atoms with van der Waals surface area (Å²) < 4.78 is 0. The summed E-state index contributed by atoms with van der Waals surface area (Å²) in [7, 11) is 0. The van der Waals surface area contributed by atoms with Crippen molar-refractivity contribution in [3.05, 3.63) is 24.3 Å². The van der Waals surface area contributed by atoms with E-state index in [9.17, 15) is 20.1 Å². The molecule has 5 heteroatoms. The Labute approximate surface area is 464 Å². The molecule has 0 aromatic rings. The quantitative estimate of drug-likeness (QED) is 0.0361. The third-order valence-corrected chi connectivity index (χ3v) is 16.3. The van der Waals surface area contributed by atoms with Gasteiger partial charge in [-0.2, -0.15) is 0 Å². The predicted octanol–water partition coefficient (Wildman–Crippen LogP) is 22.0. The van der Waals surface area contributed by atoms with Crippen LogP contribution in [0.2, 0.25) is 0 Å². The molecule has 0 heterocycles. The number of aliphatic hydroxyl groups is 3. The van der Waals surface area contributed by atoms with Crippen molar-refractivity contribution in [3.8, 4) is 0 Å². The van der Waals surface area contributed by atoms with E-state index in [4.69, 9.17) is 0 Å². The van der Waals surface area contributed by atoms with Crippen LogP contribution in [0.4, 0.5) is 0 Å². The van der Waals surface area contributed by atoms with Gasteiger partial charge < -0.3 is 20.6 Å². The lowest BCUT2D eigenvalue weighted by Gasteiger charge is -2.21. The van der Waals surface area contributed by atoms with Gasteiger partial charge in [0, 0.05) is 0 Å². The van der Waals surface area contributed by atoms with Crippen LogP contribution in [0.1, 0.15) is 386 Å². The molecule has 0 aliphatic carbocycles. The molecule has 0 aromatic carbocycles. The Balaban J connectivity index is 3.47. The summed E-state index contributed by atoms with van der Waals surface area (Å²) in [5.74, 6) is -0.496. The Hall–Kier alpha value is -1.17. The van der Waals surface area contributed by atoms with Gasteiger partial charge in [-0.15, -0.1) is 0 Å². The molecule has 0 aliphatic heterocycles. The van der Waals surface area contributed by atoms with E-state index in [2.05, 4.69) is 31.3 Å². The molecule has 0 saturated carbocycles. The predicted molar refractivity (Wildman–Crippen MR) is 328 cm³/mol. The Morgan fingerprint density at radius 3 is 0.784 bits per heavy atom. The maximum absolute atomic E-state index is 12.6. The lowest BCUT2D eigenvalue weighted by atomic mass is 10.0. The molecule has 0 bridgehead atoms. The van der Waals surface area contributed by atoms with Crippen molar-refractivity contribution in [3.63, 3.8) is 0 Å². The molecule has 0 fully saturated rings. The average molecular weight is 1040 g/mol. The Kier molecular flexibility index (Phi) is 63.3. The summed E-state index contributed by atoms with van der Waals surface area (Å²) >= 11 is 0. The molecular formula is C69H135NO4. The third kappa shape index (κ3) is 58.5. The Morgan fingerprint density at radius 2 is 0.541 bits per heavy atom. The summed E-state index contributed by atoms with van der Waals surface area (Å²) in [6.45, 7) is 4.24. The number of nitrogens with one attached hydrogen (secondary N) is 1. The second kappa shape index (κ2) is 64.4. The minimum Gasteiger partial charge on any atom is -0.394 e. The average Bonchev–Trinajstić information content (AvgIpc) is 3.41. The number of aliphatic hydroxyl groups excluding tert-OH is 3. The van der Waals surface area contributed by atoms with Crippen LogP contribution < -0.4 is 5.32 Å². The van der Waals surface area contributed by atoms with Crippen molar-refractivity contribution in [1.29, 1.82) is 0 Å². The highest BCUT2D eigenvalue weighted by Gasteiger charge is 2.22. The number of carbonyl (C=O) groups excluding carboxylic acids is 1.